The van der Waals surface area contributed by atoms with Crippen LogP contribution in [0.3, 0.4) is 0 Å². The molecule has 0 aromatic rings. The minimum absolute atomic E-state index is 0.275. The summed E-state index contributed by atoms with van der Waals surface area (Å²) in [6, 6.07) is 0. The van der Waals surface area contributed by atoms with E-state index in [0.29, 0.717) is 0 Å². The summed E-state index contributed by atoms with van der Waals surface area (Å²) < 4.78 is 0. The lowest BCUT2D eigenvalue weighted by atomic mass is 9.53. The monoisotopic (exact) mass is 170 g/mol. The lowest BCUT2D eigenvalue weighted by Crippen LogP contribution is -2.51. The molecule has 0 amide bonds. The van der Waals surface area contributed by atoms with Gasteiger partial charge in [0.2, 0.25) is 0 Å². The third-order valence-electron chi connectivity index (χ3n) is 4.40. The van der Waals surface area contributed by atoms with Crippen LogP contribution in [0.1, 0.15) is 38.5 Å². The Kier molecular flexibility index (Phi) is 1.21. The smallest absolute Gasteiger partial charge is 0.0477 e. The molecule has 5 rings (SSSR count). The van der Waals surface area contributed by atoms with Gasteiger partial charge in [0.1, 0.15) is 0 Å². The molecule has 5 aliphatic rings. The van der Waals surface area contributed by atoms with Crippen molar-refractivity contribution in [3.05, 3.63) is 0 Å². The number of hydrogen-bond donors (Lipinski definition) is 0. The lowest BCUT2D eigenvalue weighted by molar-refractivity contribution is 0.000851. The molecule has 4 unspecified atom stereocenters. The molecule has 5 fully saturated rings. The molecule has 0 radical (unpaired) electrons. The SMILES string of the molecule is ClC12CCC3CC1CCC3C2. The summed E-state index contributed by atoms with van der Waals surface area (Å²) in [4.78, 5) is 0.275. The first-order chi connectivity index (χ1) is 5.28. The average Bonchev–Trinajstić information content (AvgIpc) is 2.03. The van der Waals surface area contributed by atoms with E-state index in [9.17, 15) is 0 Å². The van der Waals surface area contributed by atoms with Crippen molar-refractivity contribution >= 4 is 11.6 Å². The van der Waals surface area contributed by atoms with Gasteiger partial charge in [-0.25, -0.2) is 0 Å². The van der Waals surface area contributed by atoms with Crippen molar-refractivity contribution in [3.63, 3.8) is 0 Å². The molecule has 0 spiro atoms. The Morgan fingerprint density at radius 1 is 1.09 bits per heavy atom. The summed E-state index contributed by atoms with van der Waals surface area (Å²) in [5, 5.41) is 0. The molecule has 5 saturated carbocycles. The zero-order valence-electron chi connectivity index (χ0n) is 6.85. The summed E-state index contributed by atoms with van der Waals surface area (Å²) >= 11 is 6.59. The van der Waals surface area contributed by atoms with Gasteiger partial charge in [-0.1, -0.05) is 0 Å². The Morgan fingerprint density at radius 2 is 2.00 bits per heavy atom. The molecule has 0 nitrogen and oxygen atoms in total. The summed E-state index contributed by atoms with van der Waals surface area (Å²) in [5.41, 5.74) is 0. The van der Waals surface area contributed by atoms with Crippen LogP contribution in [0, 0.1) is 17.8 Å². The van der Waals surface area contributed by atoms with Crippen molar-refractivity contribution in [2.75, 3.05) is 0 Å². The van der Waals surface area contributed by atoms with Crippen molar-refractivity contribution in [2.45, 2.75) is 43.4 Å². The second-order valence-electron chi connectivity index (χ2n) is 4.81. The molecule has 62 valence electrons. The van der Waals surface area contributed by atoms with Crippen LogP contribution in [0.5, 0.6) is 0 Å². The second kappa shape index (κ2) is 1.96. The van der Waals surface area contributed by atoms with E-state index in [1.165, 1.54) is 38.5 Å². The molecular formula is C10H15Cl. The topological polar surface area (TPSA) is 0 Å². The molecule has 0 N–H and O–H groups in total. The lowest BCUT2D eigenvalue weighted by Gasteiger charge is -2.57. The van der Waals surface area contributed by atoms with Crippen molar-refractivity contribution in [3.8, 4) is 0 Å². The molecule has 5 aliphatic carbocycles. The van der Waals surface area contributed by atoms with E-state index < -0.39 is 0 Å². The van der Waals surface area contributed by atoms with E-state index in [4.69, 9.17) is 11.6 Å². The third-order valence-corrected chi connectivity index (χ3v) is 5.06. The zero-order chi connectivity index (χ0) is 7.47. The van der Waals surface area contributed by atoms with Crippen LogP contribution >= 0.6 is 11.6 Å². The standard InChI is InChI=1S/C10H15Cl/c11-10-4-3-7-5-9(10)2-1-8(7)6-10/h7-9H,1-6H2. The number of halogens is 1. The predicted molar refractivity (Wildman–Crippen MR) is 46.8 cm³/mol. The molecule has 0 aromatic carbocycles. The Morgan fingerprint density at radius 3 is 2.55 bits per heavy atom. The van der Waals surface area contributed by atoms with Crippen molar-refractivity contribution in [1.29, 1.82) is 0 Å². The largest absolute Gasteiger partial charge is 0.119 e. The van der Waals surface area contributed by atoms with Gasteiger partial charge in [0.25, 0.3) is 0 Å². The average molecular weight is 171 g/mol. The van der Waals surface area contributed by atoms with E-state index in [1.807, 2.05) is 0 Å². The van der Waals surface area contributed by atoms with Gasteiger partial charge in [0.05, 0.1) is 0 Å². The van der Waals surface area contributed by atoms with Crippen LogP contribution in [0.2, 0.25) is 0 Å². The Balaban J connectivity index is 1.99. The maximum absolute atomic E-state index is 6.59. The summed E-state index contributed by atoms with van der Waals surface area (Å²) in [6.07, 6.45) is 8.50. The predicted octanol–water partition coefficient (Wildman–Crippen LogP) is 3.19. The second-order valence-corrected chi connectivity index (χ2v) is 5.56. The minimum Gasteiger partial charge on any atom is -0.119 e. The van der Waals surface area contributed by atoms with E-state index >= 15 is 0 Å². The molecular weight excluding hydrogens is 156 g/mol. The first-order valence-corrected chi connectivity index (χ1v) is 5.35. The molecule has 0 aliphatic heterocycles. The molecule has 4 bridgehead atoms. The van der Waals surface area contributed by atoms with E-state index in [1.54, 1.807) is 0 Å². The van der Waals surface area contributed by atoms with Gasteiger partial charge in [0.15, 0.2) is 0 Å². The molecule has 0 heterocycles. The van der Waals surface area contributed by atoms with Crippen LogP contribution < -0.4 is 0 Å². The molecule has 0 aromatic heterocycles. The fourth-order valence-corrected chi connectivity index (χ4v) is 4.26. The Labute approximate surface area is 73.3 Å². The maximum atomic E-state index is 6.59. The van der Waals surface area contributed by atoms with Gasteiger partial charge in [-0.2, -0.15) is 0 Å². The van der Waals surface area contributed by atoms with Gasteiger partial charge < -0.3 is 0 Å². The highest BCUT2D eigenvalue weighted by atomic mass is 35.5. The van der Waals surface area contributed by atoms with Crippen molar-refractivity contribution < 1.29 is 0 Å². The van der Waals surface area contributed by atoms with Crippen LogP contribution in [-0.2, 0) is 0 Å². The molecule has 11 heavy (non-hydrogen) atoms. The first kappa shape index (κ1) is 6.77. The van der Waals surface area contributed by atoms with Gasteiger partial charge in [-0.05, 0) is 56.3 Å². The Bertz CT molecular complexity index is 189. The van der Waals surface area contributed by atoms with E-state index in [0.717, 1.165) is 17.8 Å². The molecule has 4 atom stereocenters. The number of hydrogen-bond acceptors (Lipinski definition) is 0. The fraction of sp³-hybridized carbons (Fsp3) is 1.00. The third kappa shape index (κ3) is 0.771. The quantitative estimate of drug-likeness (QED) is 0.490. The molecule has 0 saturated heterocycles. The zero-order valence-corrected chi connectivity index (χ0v) is 7.61. The van der Waals surface area contributed by atoms with Gasteiger partial charge in [-0.15, -0.1) is 11.6 Å². The Hall–Kier alpha value is 0.290. The summed E-state index contributed by atoms with van der Waals surface area (Å²) in [5.74, 6) is 2.99. The van der Waals surface area contributed by atoms with Crippen LogP contribution in [0.25, 0.3) is 0 Å². The summed E-state index contributed by atoms with van der Waals surface area (Å²) in [7, 11) is 0. The van der Waals surface area contributed by atoms with Crippen LogP contribution in [0.4, 0.5) is 0 Å². The maximum Gasteiger partial charge on any atom is 0.0477 e. The minimum atomic E-state index is 0.275. The number of rotatable bonds is 0. The first-order valence-electron chi connectivity index (χ1n) is 4.97. The highest BCUT2D eigenvalue weighted by molar-refractivity contribution is 6.24. The fourth-order valence-electron chi connectivity index (χ4n) is 3.75. The molecule has 1 heteroatoms. The van der Waals surface area contributed by atoms with Crippen molar-refractivity contribution in [1.82, 2.24) is 0 Å². The van der Waals surface area contributed by atoms with Crippen LogP contribution in [-0.4, -0.2) is 4.87 Å². The van der Waals surface area contributed by atoms with Gasteiger partial charge in [-0.3, -0.25) is 0 Å². The van der Waals surface area contributed by atoms with Gasteiger partial charge in [0, 0.05) is 4.87 Å². The van der Waals surface area contributed by atoms with E-state index in [2.05, 4.69) is 0 Å². The normalized spacial score (nSPS) is 60.3. The highest BCUT2D eigenvalue weighted by Crippen LogP contribution is 2.60. The number of alkyl halides is 1. The number of fused-ring (bicyclic) bond motifs is 2. The van der Waals surface area contributed by atoms with Gasteiger partial charge >= 0.3 is 0 Å². The highest BCUT2D eigenvalue weighted by Gasteiger charge is 2.53. The summed E-state index contributed by atoms with van der Waals surface area (Å²) in [6.45, 7) is 0. The van der Waals surface area contributed by atoms with Crippen molar-refractivity contribution in [2.24, 2.45) is 17.8 Å². The van der Waals surface area contributed by atoms with E-state index in [-0.39, 0.29) is 4.87 Å². The van der Waals surface area contributed by atoms with Crippen LogP contribution in [0.15, 0.2) is 0 Å².